The molecule has 180 valence electrons. The van der Waals surface area contributed by atoms with Crippen LogP contribution in [0.4, 0.5) is 0 Å². The van der Waals surface area contributed by atoms with E-state index in [-0.39, 0.29) is 5.92 Å². The molecule has 0 radical (unpaired) electrons. The first-order valence-electron chi connectivity index (χ1n) is 13.3. The highest BCUT2D eigenvalue weighted by Crippen LogP contribution is 2.24. The Hall–Kier alpha value is -0.570. The van der Waals surface area contributed by atoms with E-state index < -0.39 is 18.0 Å². The van der Waals surface area contributed by atoms with Crippen LogP contribution in [0.2, 0.25) is 0 Å². The van der Waals surface area contributed by atoms with Crippen LogP contribution in [0.5, 0.6) is 0 Å². The molecular weight excluding hydrogens is 372 g/mol. The molecule has 0 saturated heterocycles. The van der Waals surface area contributed by atoms with Crippen molar-refractivity contribution < 1.29 is 15.0 Å². The van der Waals surface area contributed by atoms with E-state index in [1.165, 1.54) is 116 Å². The Morgan fingerprint density at radius 2 is 1.07 bits per heavy atom. The lowest BCUT2D eigenvalue weighted by Crippen LogP contribution is -2.40. The van der Waals surface area contributed by atoms with Gasteiger partial charge in [0.05, 0.1) is 6.10 Å². The fourth-order valence-electron chi connectivity index (χ4n) is 4.57. The van der Waals surface area contributed by atoms with Crippen LogP contribution in [0.25, 0.3) is 0 Å². The number of aliphatic carboxylic acids is 1. The van der Waals surface area contributed by atoms with Gasteiger partial charge in [0.2, 0.25) is 0 Å². The summed E-state index contributed by atoms with van der Waals surface area (Å²) in [5, 5.41) is 21.0. The molecule has 4 atom stereocenters. The SMILES string of the molecule is CCCCCCCCCCCCCCCCCC[C@H](C)C[C@H](C)[C@H](O)[C@H](C)C(=O)[O-]. The quantitative estimate of drug-likeness (QED) is 0.189. The zero-order valence-corrected chi connectivity index (χ0v) is 20.8. The molecule has 0 unspecified atom stereocenters. The first-order valence-corrected chi connectivity index (χ1v) is 13.3. The molecule has 0 aromatic heterocycles. The largest absolute Gasteiger partial charge is 0.550 e. The average molecular weight is 426 g/mol. The molecule has 0 spiro atoms. The third kappa shape index (κ3) is 17.1. The van der Waals surface area contributed by atoms with Gasteiger partial charge in [0.25, 0.3) is 0 Å². The van der Waals surface area contributed by atoms with Crippen molar-refractivity contribution in [2.45, 2.75) is 149 Å². The number of hydrogen-bond acceptors (Lipinski definition) is 3. The van der Waals surface area contributed by atoms with Gasteiger partial charge in [-0.1, -0.05) is 137 Å². The summed E-state index contributed by atoms with van der Waals surface area (Å²) in [4.78, 5) is 10.9. The predicted octanol–water partition coefficient (Wildman–Crippen LogP) is 7.05. The Kier molecular flexibility index (Phi) is 20.0. The molecule has 0 saturated carbocycles. The molecule has 0 aromatic carbocycles. The number of carbonyl (C=O) groups is 1. The number of carboxylic acids is 1. The molecule has 0 heterocycles. The van der Waals surface area contributed by atoms with Crippen LogP contribution >= 0.6 is 0 Å². The van der Waals surface area contributed by atoms with Gasteiger partial charge in [-0.25, -0.2) is 0 Å². The average Bonchev–Trinajstić information content (AvgIpc) is 2.72. The summed E-state index contributed by atoms with van der Waals surface area (Å²) in [5.74, 6) is -1.40. The predicted molar refractivity (Wildman–Crippen MR) is 127 cm³/mol. The number of carbonyl (C=O) groups excluding carboxylic acids is 1. The Morgan fingerprint density at radius 3 is 1.43 bits per heavy atom. The first-order chi connectivity index (χ1) is 14.4. The van der Waals surface area contributed by atoms with Gasteiger partial charge in [-0.3, -0.25) is 0 Å². The minimum Gasteiger partial charge on any atom is -0.550 e. The summed E-state index contributed by atoms with van der Waals surface area (Å²) < 4.78 is 0. The Balaban J connectivity index is 3.40. The van der Waals surface area contributed by atoms with Gasteiger partial charge in [0, 0.05) is 11.9 Å². The fraction of sp³-hybridized carbons (Fsp3) is 0.963. The number of hydrogen-bond donors (Lipinski definition) is 1. The highest BCUT2D eigenvalue weighted by molar-refractivity contribution is 5.67. The zero-order chi connectivity index (χ0) is 22.6. The van der Waals surface area contributed by atoms with E-state index in [1.807, 2.05) is 6.92 Å². The summed E-state index contributed by atoms with van der Waals surface area (Å²) in [6.07, 6.45) is 23.5. The van der Waals surface area contributed by atoms with Crippen LogP contribution in [0.15, 0.2) is 0 Å². The van der Waals surface area contributed by atoms with Crippen LogP contribution in [0.3, 0.4) is 0 Å². The fourth-order valence-corrected chi connectivity index (χ4v) is 4.57. The van der Waals surface area contributed by atoms with E-state index in [1.54, 1.807) is 0 Å². The zero-order valence-electron chi connectivity index (χ0n) is 20.8. The summed E-state index contributed by atoms with van der Waals surface area (Å²) in [6, 6.07) is 0. The standard InChI is InChI=1S/C27H54O3/c1-5-6-7-8-9-10-11-12-13-14-15-16-17-18-19-20-21-23(2)22-24(3)26(28)25(4)27(29)30/h23-26,28H,5-22H2,1-4H3,(H,29,30)/p-1/t23-,24-,25-,26-/m0/s1. The topological polar surface area (TPSA) is 60.4 Å². The lowest BCUT2D eigenvalue weighted by molar-refractivity contribution is -0.314. The van der Waals surface area contributed by atoms with Gasteiger partial charge in [-0.2, -0.15) is 0 Å². The van der Waals surface area contributed by atoms with Gasteiger partial charge >= 0.3 is 0 Å². The van der Waals surface area contributed by atoms with E-state index in [2.05, 4.69) is 13.8 Å². The van der Waals surface area contributed by atoms with E-state index in [4.69, 9.17) is 0 Å². The van der Waals surface area contributed by atoms with Crippen LogP contribution in [0.1, 0.15) is 143 Å². The number of rotatable bonds is 22. The summed E-state index contributed by atoms with van der Waals surface area (Å²) >= 11 is 0. The maximum absolute atomic E-state index is 10.9. The van der Waals surface area contributed by atoms with Crippen molar-refractivity contribution in [1.82, 2.24) is 0 Å². The van der Waals surface area contributed by atoms with Gasteiger partial charge in [0.15, 0.2) is 0 Å². The second kappa shape index (κ2) is 20.3. The number of aliphatic hydroxyl groups is 1. The minimum atomic E-state index is -1.15. The van der Waals surface area contributed by atoms with Crippen molar-refractivity contribution in [1.29, 1.82) is 0 Å². The monoisotopic (exact) mass is 425 g/mol. The summed E-state index contributed by atoms with van der Waals surface area (Å²) in [5.41, 5.74) is 0. The van der Waals surface area contributed by atoms with E-state index in [0.29, 0.717) is 5.92 Å². The Morgan fingerprint density at radius 1 is 0.700 bits per heavy atom. The van der Waals surface area contributed by atoms with Crippen LogP contribution < -0.4 is 5.11 Å². The summed E-state index contributed by atoms with van der Waals surface area (Å²) in [7, 11) is 0. The highest BCUT2D eigenvalue weighted by Gasteiger charge is 2.23. The maximum atomic E-state index is 10.9. The van der Waals surface area contributed by atoms with Crippen molar-refractivity contribution in [3.05, 3.63) is 0 Å². The van der Waals surface area contributed by atoms with Gasteiger partial charge < -0.3 is 15.0 Å². The Bertz CT molecular complexity index is 382. The highest BCUT2D eigenvalue weighted by atomic mass is 16.4. The molecule has 1 N–H and O–H groups in total. The van der Waals surface area contributed by atoms with Crippen LogP contribution in [-0.2, 0) is 4.79 Å². The molecule has 3 nitrogen and oxygen atoms in total. The molecule has 0 bridgehead atoms. The second-order valence-corrected chi connectivity index (χ2v) is 10.0. The van der Waals surface area contributed by atoms with Crippen molar-refractivity contribution in [2.24, 2.45) is 17.8 Å². The van der Waals surface area contributed by atoms with Gasteiger partial charge in [-0.15, -0.1) is 0 Å². The van der Waals surface area contributed by atoms with E-state index >= 15 is 0 Å². The maximum Gasteiger partial charge on any atom is 0.0643 e. The van der Waals surface area contributed by atoms with Crippen molar-refractivity contribution >= 4 is 5.97 Å². The second-order valence-electron chi connectivity index (χ2n) is 10.0. The van der Waals surface area contributed by atoms with Gasteiger partial charge in [-0.05, 0) is 18.3 Å². The molecule has 3 heteroatoms. The molecule has 0 aliphatic rings. The lowest BCUT2D eigenvalue weighted by Gasteiger charge is -2.27. The molecule has 0 aliphatic heterocycles. The molecular formula is C27H53O3-. The minimum absolute atomic E-state index is 0.00829. The lowest BCUT2D eigenvalue weighted by atomic mass is 9.85. The number of unbranched alkanes of at least 4 members (excludes halogenated alkanes) is 15. The molecule has 30 heavy (non-hydrogen) atoms. The third-order valence-corrected chi connectivity index (χ3v) is 6.79. The normalized spacial score (nSPS) is 15.6. The summed E-state index contributed by atoms with van der Waals surface area (Å²) in [6.45, 7) is 7.99. The molecule has 0 amide bonds. The van der Waals surface area contributed by atoms with Crippen molar-refractivity contribution in [3.63, 3.8) is 0 Å². The third-order valence-electron chi connectivity index (χ3n) is 6.79. The van der Waals surface area contributed by atoms with Crippen molar-refractivity contribution in [2.75, 3.05) is 0 Å². The number of carboxylic acid groups (broad SMARTS) is 1. The van der Waals surface area contributed by atoms with Crippen molar-refractivity contribution in [3.8, 4) is 0 Å². The first kappa shape index (κ1) is 29.4. The van der Waals surface area contributed by atoms with Gasteiger partial charge in [0.1, 0.15) is 0 Å². The van der Waals surface area contributed by atoms with Crippen LogP contribution in [0, 0.1) is 17.8 Å². The molecule has 0 fully saturated rings. The Labute approximate surface area is 188 Å². The molecule has 0 aliphatic carbocycles. The molecule has 0 aromatic rings. The van der Waals surface area contributed by atoms with E-state index in [9.17, 15) is 15.0 Å². The number of aliphatic hydroxyl groups excluding tert-OH is 1. The van der Waals surface area contributed by atoms with E-state index in [0.717, 1.165) is 6.42 Å². The van der Waals surface area contributed by atoms with Crippen LogP contribution in [-0.4, -0.2) is 17.2 Å². The molecule has 0 rings (SSSR count). The smallest absolute Gasteiger partial charge is 0.0643 e.